The van der Waals surface area contributed by atoms with Crippen LogP contribution in [0.25, 0.3) is 5.82 Å². The molecule has 1 fully saturated rings. The summed E-state index contributed by atoms with van der Waals surface area (Å²) in [5.41, 5.74) is 0.733. The molecule has 1 N–H and O–H groups in total. The molecule has 3 heterocycles. The number of hydrogen-bond donors (Lipinski definition) is 1. The number of carbonyl (C=O) groups is 2. The Kier molecular flexibility index (Phi) is 4.67. The summed E-state index contributed by atoms with van der Waals surface area (Å²) in [6.45, 7) is 0.304. The predicted octanol–water partition coefficient (Wildman–Crippen LogP) is 1.06. The van der Waals surface area contributed by atoms with Gasteiger partial charge in [-0.3, -0.25) is 9.59 Å². The van der Waals surface area contributed by atoms with Gasteiger partial charge < -0.3 is 15.0 Å². The molecule has 3 aromatic rings. The third-order valence-corrected chi connectivity index (χ3v) is 4.44. The molecule has 0 spiro atoms. The molecule has 1 aliphatic heterocycles. The summed E-state index contributed by atoms with van der Waals surface area (Å²) in [5.74, 6) is 0.672. The fraction of sp³-hybridized carbons (Fsp3) is 0.222. The van der Waals surface area contributed by atoms with E-state index >= 15 is 0 Å². The van der Waals surface area contributed by atoms with Gasteiger partial charge in [-0.25, -0.2) is 19.6 Å². The van der Waals surface area contributed by atoms with E-state index in [9.17, 15) is 9.59 Å². The number of anilines is 2. The molecule has 0 saturated carbocycles. The first kappa shape index (κ1) is 17.6. The molecule has 0 aliphatic carbocycles. The Bertz CT molecular complexity index is 989. The lowest BCUT2D eigenvalue weighted by Gasteiger charge is -2.17. The molecule has 1 aliphatic rings. The van der Waals surface area contributed by atoms with Gasteiger partial charge in [0.1, 0.15) is 30.5 Å². The topological polar surface area (TPSA) is 115 Å². The first-order valence-corrected chi connectivity index (χ1v) is 8.56. The Morgan fingerprint density at radius 1 is 1.21 bits per heavy atom. The van der Waals surface area contributed by atoms with Crippen LogP contribution in [0.5, 0.6) is 5.75 Å². The summed E-state index contributed by atoms with van der Waals surface area (Å²) in [7, 11) is 1.58. The summed E-state index contributed by atoms with van der Waals surface area (Å²) < 4.78 is 6.59. The highest BCUT2D eigenvalue weighted by Gasteiger charge is 2.35. The van der Waals surface area contributed by atoms with Crippen molar-refractivity contribution in [3.63, 3.8) is 0 Å². The van der Waals surface area contributed by atoms with Crippen molar-refractivity contribution in [2.45, 2.75) is 6.42 Å². The molecule has 0 bridgehead atoms. The lowest BCUT2D eigenvalue weighted by atomic mass is 10.1. The molecule has 1 saturated heterocycles. The Hall–Kier alpha value is -3.82. The number of carbonyl (C=O) groups excluding carboxylic acids is 2. The number of rotatable bonds is 5. The molecule has 1 unspecified atom stereocenters. The van der Waals surface area contributed by atoms with Crippen LogP contribution in [0.3, 0.4) is 0 Å². The van der Waals surface area contributed by atoms with Crippen molar-refractivity contribution in [1.29, 1.82) is 0 Å². The van der Waals surface area contributed by atoms with E-state index in [0.717, 1.165) is 5.69 Å². The van der Waals surface area contributed by atoms with Gasteiger partial charge in [0.2, 0.25) is 11.8 Å². The molecule has 4 rings (SSSR count). The number of nitrogens with one attached hydrogen (secondary N) is 1. The smallest absolute Gasteiger partial charge is 0.230 e. The molecule has 142 valence electrons. The van der Waals surface area contributed by atoms with Crippen LogP contribution in [0.2, 0.25) is 0 Å². The van der Waals surface area contributed by atoms with E-state index in [2.05, 4.69) is 25.4 Å². The average molecular weight is 379 g/mol. The van der Waals surface area contributed by atoms with E-state index in [1.54, 1.807) is 42.3 Å². The number of aromatic nitrogens is 5. The van der Waals surface area contributed by atoms with Crippen molar-refractivity contribution in [2.75, 3.05) is 23.9 Å². The summed E-state index contributed by atoms with van der Waals surface area (Å²) in [6.07, 6.45) is 4.35. The standard InChI is InChI=1S/C18H17N7O3/c1-28-14-4-2-13(3-5-14)24-8-12(6-17(24)26)18(27)23-15-7-16(21-10-20-15)25-11-19-9-22-25/h2-5,7,9-12H,6,8H2,1H3,(H,20,21,23,27). The zero-order valence-corrected chi connectivity index (χ0v) is 15.0. The first-order chi connectivity index (χ1) is 13.6. The van der Waals surface area contributed by atoms with E-state index in [4.69, 9.17) is 4.74 Å². The molecule has 0 radical (unpaired) electrons. The van der Waals surface area contributed by atoms with Crippen LogP contribution >= 0.6 is 0 Å². The van der Waals surface area contributed by atoms with Crippen molar-refractivity contribution in [3.8, 4) is 11.6 Å². The molecule has 10 heteroatoms. The quantitative estimate of drug-likeness (QED) is 0.705. The Balaban J connectivity index is 1.44. The zero-order chi connectivity index (χ0) is 19.5. The van der Waals surface area contributed by atoms with Gasteiger partial charge in [-0.05, 0) is 24.3 Å². The van der Waals surface area contributed by atoms with E-state index in [0.29, 0.717) is 23.9 Å². The first-order valence-electron chi connectivity index (χ1n) is 8.56. The summed E-state index contributed by atoms with van der Waals surface area (Å²) >= 11 is 0. The fourth-order valence-corrected chi connectivity index (χ4v) is 2.99. The minimum absolute atomic E-state index is 0.101. The number of ether oxygens (including phenoxy) is 1. The highest BCUT2D eigenvalue weighted by Crippen LogP contribution is 2.27. The Morgan fingerprint density at radius 3 is 2.75 bits per heavy atom. The third kappa shape index (κ3) is 3.52. The second-order valence-electron chi connectivity index (χ2n) is 6.19. The van der Waals surface area contributed by atoms with Crippen molar-refractivity contribution in [3.05, 3.63) is 49.3 Å². The molecular formula is C18H17N7O3. The third-order valence-electron chi connectivity index (χ3n) is 4.44. The molecule has 1 aromatic carbocycles. The number of nitrogens with zero attached hydrogens (tertiary/aromatic N) is 6. The van der Waals surface area contributed by atoms with Gasteiger partial charge in [-0.1, -0.05) is 0 Å². The van der Waals surface area contributed by atoms with E-state index in [1.165, 1.54) is 23.7 Å². The Morgan fingerprint density at radius 2 is 2.04 bits per heavy atom. The predicted molar refractivity (Wildman–Crippen MR) is 99.0 cm³/mol. The number of benzene rings is 1. The van der Waals surface area contributed by atoms with Crippen LogP contribution in [0.15, 0.2) is 49.3 Å². The van der Waals surface area contributed by atoms with Gasteiger partial charge in [0.15, 0.2) is 5.82 Å². The van der Waals surface area contributed by atoms with Gasteiger partial charge in [0.25, 0.3) is 0 Å². The fourth-order valence-electron chi connectivity index (χ4n) is 2.99. The molecular weight excluding hydrogens is 362 g/mol. The van der Waals surface area contributed by atoms with Gasteiger partial charge >= 0.3 is 0 Å². The van der Waals surface area contributed by atoms with Crippen molar-refractivity contribution in [2.24, 2.45) is 5.92 Å². The summed E-state index contributed by atoms with van der Waals surface area (Å²) in [5, 5.41) is 6.74. The highest BCUT2D eigenvalue weighted by atomic mass is 16.5. The van der Waals surface area contributed by atoms with Crippen molar-refractivity contribution >= 4 is 23.3 Å². The maximum atomic E-state index is 12.6. The normalized spacial score (nSPS) is 16.2. The summed E-state index contributed by atoms with van der Waals surface area (Å²) in [4.78, 5) is 38.6. The minimum atomic E-state index is -0.473. The maximum Gasteiger partial charge on any atom is 0.230 e. The molecule has 2 aromatic heterocycles. The monoisotopic (exact) mass is 379 g/mol. The maximum absolute atomic E-state index is 12.6. The number of methoxy groups -OCH3 is 1. The van der Waals surface area contributed by atoms with Crippen LogP contribution < -0.4 is 15.0 Å². The van der Waals surface area contributed by atoms with Crippen molar-refractivity contribution in [1.82, 2.24) is 24.7 Å². The highest BCUT2D eigenvalue weighted by molar-refractivity contribution is 6.03. The lowest BCUT2D eigenvalue weighted by molar-refractivity contribution is -0.122. The number of hydrogen-bond acceptors (Lipinski definition) is 7. The van der Waals surface area contributed by atoms with Crippen LogP contribution in [-0.2, 0) is 9.59 Å². The van der Waals surface area contributed by atoms with Gasteiger partial charge in [-0.2, -0.15) is 5.10 Å². The lowest BCUT2D eigenvalue weighted by Crippen LogP contribution is -2.28. The van der Waals surface area contributed by atoms with Crippen LogP contribution in [0.1, 0.15) is 6.42 Å². The van der Waals surface area contributed by atoms with Crippen LogP contribution in [0.4, 0.5) is 11.5 Å². The minimum Gasteiger partial charge on any atom is -0.497 e. The number of amides is 2. The second-order valence-corrected chi connectivity index (χ2v) is 6.19. The van der Waals surface area contributed by atoms with Gasteiger partial charge in [0, 0.05) is 24.7 Å². The summed E-state index contributed by atoms with van der Waals surface area (Å²) in [6, 6.07) is 8.74. The van der Waals surface area contributed by atoms with Crippen molar-refractivity contribution < 1.29 is 14.3 Å². The average Bonchev–Trinajstić information content (AvgIpc) is 3.38. The largest absolute Gasteiger partial charge is 0.497 e. The Labute approximate surface area is 160 Å². The second kappa shape index (κ2) is 7.43. The molecule has 28 heavy (non-hydrogen) atoms. The SMILES string of the molecule is COc1ccc(N2CC(C(=O)Nc3cc(-n4cncn4)ncn3)CC2=O)cc1. The van der Waals surface area contributed by atoms with E-state index < -0.39 is 5.92 Å². The van der Waals surface area contributed by atoms with Crippen LogP contribution in [-0.4, -0.2) is 50.2 Å². The van der Waals surface area contributed by atoms with Crippen LogP contribution in [0, 0.1) is 5.92 Å². The van der Waals surface area contributed by atoms with Gasteiger partial charge in [0.05, 0.1) is 13.0 Å². The molecule has 1 atom stereocenters. The van der Waals surface area contributed by atoms with E-state index in [1.807, 2.05) is 0 Å². The zero-order valence-electron chi connectivity index (χ0n) is 15.0. The molecule has 2 amide bonds. The van der Waals surface area contributed by atoms with E-state index in [-0.39, 0.29) is 18.2 Å². The van der Waals surface area contributed by atoms with Gasteiger partial charge in [-0.15, -0.1) is 0 Å². The molecule has 10 nitrogen and oxygen atoms in total.